The molecule has 0 saturated carbocycles. The van der Waals surface area contributed by atoms with Gasteiger partial charge in [0.05, 0.1) is 11.1 Å². The number of hydrogen-bond donors (Lipinski definition) is 1. The molecule has 3 rings (SSSR count). The van der Waals surface area contributed by atoms with Crippen LogP contribution in [0.4, 0.5) is 5.69 Å². The minimum Gasteiger partial charge on any atom is -0.444 e. The van der Waals surface area contributed by atoms with Gasteiger partial charge in [-0.05, 0) is 48.5 Å². The van der Waals surface area contributed by atoms with Gasteiger partial charge in [0.2, 0.25) is 0 Å². The number of nitrogens with one attached hydrogen (secondary N) is 1. The number of hydrogen-bond acceptors (Lipinski definition) is 4. The van der Waals surface area contributed by atoms with E-state index in [9.17, 15) is 8.42 Å². The number of sulfonamides is 1. The molecule has 0 amide bonds. The molecule has 112 valence electrons. The summed E-state index contributed by atoms with van der Waals surface area (Å²) < 4.78 is 32.3. The quantitative estimate of drug-likeness (QED) is 0.787. The standard InChI is InChI=1S/C15H11ClN2O3S/c16-12-3-5-13(6-4-12)18-22(19,20)14-7-1-11(2-8-14)15-9-17-10-21-15/h1-10,18H. The van der Waals surface area contributed by atoms with E-state index in [0.717, 1.165) is 5.56 Å². The summed E-state index contributed by atoms with van der Waals surface area (Å²) in [6.07, 6.45) is 2.89. The van der Waals surface area contributed by atoms with Crippen LogP contribution in [0.3, 0.4) is 0 Å². The lowest BCUT2D eigenvalue weighted by Gasteiger charge is -2.08. The van der Waals surface area contributed by atoms with Crippen LogP contribution in [0.25, 0.3) is 11.3 Å². The van der Waals surface area contributed by atoms with Gasteiger partial charge in [-0.25, -0.2) is 13.4 Å². The van der Waals surface area contributed by atoms with Crippen molar-refractivity contribution < 1.29 is 12.8 Å². The normalized spacial score (nSPS) is 11.3. The summed E-state index contributed by atoms with van der Waals surface area (Å²) in [5.74, 6) is 0.578. The van der Waals surface area contributed by atoms with Crippen molar-refractivity contribution in [3.63, 3.8) is 0 Å². The van der Waals surface area contributed by atoms with E-state index in [0.29, 0.717) is 16.5 Å². The Morgan fingerprint density at radius 3 is 2.27 bits per heavy atom. The fourth-order valence-corrected chi connectivity index (χ4v) is 3.07. The molecule has 7 heteroatoms. The van der Waals surface area contributed by atoms with Crippen LogP contribution in [-0.4, -0.2) is 13.4 Å². The molecule has 1 N–H and O–H groups in total. The molecular formula is C15H11ClN2O3S. The third kappa shape index (κ3) is 3.13. The van der Waals surface area contributed by atoms with Crippen molar-refractivity contribution in [3.8, 4) is 11.3 Å². The zero-order chi connectivity index (χ0) is 15.6. The van der Waals surface area contributed by atoms with E-state index in [1.54, 1.807) is 42.6 Å². The topological polar surface area (TPSA) is 72.2 Å². The Hall–Kier alpha value is -2.31. The molecule has 0 spiro atoms. The minimum absolute atomic E-state index is 0.158. The maximum atomic E-state index is 12.3. The van der Waals surface area contributed by atoms with Gasteiger partial charge in [-0.15, -0.1) is 0 Å². The van der Waals surface area contributed by atoms with E-state index >= 15 is 0 Å². The van der Waals surface area contributed by atoms with E-state index in [4.69, 9.17) is 16.0 Å². The van der Waals surface area contributed by atoms with Crippen molar-refractivity contribution in [1.29, 1.82) is 0 Å². The predicted molar refractivity (Wildman–Crippen MR) is 84.2 cm³/mol. The van der Waals surface area contributed by atoms with Crippen LogP contribution in [0.5, 0.6) is 0 Å². The van der Waals surface area contributed by atoms with Gasteiger partial charge in [0.25, 0.3) is 10.0 Å². The van der Waals surface area contributed by atoms with Crippen molar-refractivity contribution in [2.45, 2.75) is 4.90 Å². The average molecular weight is 335 g/mol. The van der Waals surface area contributed by atoms with Gasteiger partial charge in [0, 0.05) is 16.3 Å². The van der Waals surface area contributed by atoms with E-state index in [2.05, 4.69) is 9.71 Å². The lowest BCUT2D eigenvalue weighted by Crippen LogP contribution is -2.12. The number of anilines is 1. The molecule has 0 bridgehead atoms. The summed E-state index contributed by atoms with van der Waals surface area (Å²) in [6, 6.07) is 12.8. The largest absolute Gasteiger partial charge is 0.444 e. The Bertz CT molecular complexity index is 858. The first-order valence-corrected chi connectivity index (χ1v) is 8.18. The zero-order valence-electron chi connectivity index (χ0n) is 11.2. The van der Waals surface area contributed by atoms with E-state index in [-0.39, 0.29) is 4.90 Å². The highest BCUT2D eigenvalue weighted by molar-refractivity contribution is 7.92. The van der Waals surface area contributed by atoms with Gasteiger partial charge in [0.1, 0.15) is 0 Å². The molecule has 0 saturated heterocycles. The second-order valence-corrected chi connectivity index (χ2v) is 6.62. The van der Waals surface area contributed by atoms with Crippen molar-refractivity contribution >= 4 is 27.3 Å². The van der Waals surface area contributed by atoms with Crippen LogP contribution in [0.15, 0.2) is 70.4 Å². The number of nitrogens with zero attached hydrogens (tertiary/aromatic N) is 1. The van der Waals surface area contributed by atoms with Gasteiger partial charge >= 0.3 is 0 Å². The Kier molecular flexibility index (Phi) is 3.87. The van der Waals surface area contributed by atoms with E-state index in [1.807, 2.05) is 0 Å². The third-order valence-corrected chi connectivity index (χ3v) is 4.63. The Labute approximate surface area is 132 Å². The molecule has 0 atom stereocenters. The number of benzene rings is 2. The summed E-state index contributed by atoms with van der Waals surface area (Å²) in [5.41, 5.74) is 1.20. The molecule has 22 heavy (non-hydrogen) atoms. The first-order chi connectivity index (χ1) is 10.5. The van der Waals surface area contributed by atoms with Gasteiger partial charge < -0.3 is 4.42 Å². The number of rotatable bonds is 4. The monoisotopic (exact) mass is 334 g/mol. The van der Waals surface area contributed by atoms with Crippen molar-refractivity contribution in [1.82, 2.24) is 4.98 Å². The second kappa shape index (κ2) is 5.82. The van der Waals surface area contributed by atoms with Gasteiger partial charge in [-0.2, -0.15) is 0 Å². The molecule has 1 aromatic heterocycles. The highest BCUT2D eigenvalue weighted by Crippen LogP contribution is 2.22. The number of oxazole rings is 1. The second-order valence-electron chi connectivity index (χ2n) is 4.50. The van der Waals surface area contributed by atoms with Crippen molar-refractivity contribution in [3.05, 3.63) is 66.1 Å². The predicted octanol–water partition coefficient (Wildman–Crippen LogP) is 3.80. The van der Waals surface area contributed by atoms with Gasteiger partial charge in [-0.3, -0.25) is 4.72 Å². The molecule has 0 radical (unpaired) electrons. The molecule has 0 aliphatic heterocycles. The molecule has 2 aromatic carbocycles. The van der Waals surface area contributed by atoms with Crippen LogP contribution in [-0.2, 0) is 10.0 Å². The fourth-order valence-electron chi connectivity index (χ4n) is 1.89. The SMILES string of the molecule is O=S(=O)(Nc1ccc(Cl)cc1)c1ccc(-c2cnco2)cc1. The molecule has 5 nitrogen and oxygen atoms in total. The molecule has 0 fully saturated rings. The van der Waals surface area contributed by atoms with Crippen LogP contribution in [0.2, 0.25) is 5.02 Å². The number of aromatic nitrogens is 1. The first-order valence-electron chi connectivity index (χ1n) is 6.32. The molecule has 0 unspecified atom stereocenters. The Balaban J connectivity index is 1.84. The number of halogens is 1. The molecule has 1 heterocycles. The van der Waals surface area contributed by atoms with Gasteiger partial charge in [0.15, 0.2) is 12.2 Å². The van der Waals surface area contributed by atoms with E-state index in [1.165, 1.54) is 18.5 Å². The van der Waals surface area contributed by atoms with Crippen LogP contribution < -0.4 is 4.72 Å². The van der Waals surface area contributed by atoms with Crippen molar-refractivity contribution in [2.24, 2.45) is 0 Å². The van der Waals surface area contributed by atoms with Gasteiger partial charge in [-0.1, -0.05) is 11.6 Å². The van der Waals surface area contributed by atoms with Crippen LogP contribution in [0.1, 0.15) is 0 Å². The summed E-state index contributed by atoms with van der Waals surface area (Å²) in [5, 5.41) is 0.541. The summed E-state index contributed by atoms with van der Waals surface area (Å²) in [4.78, 5) is 3.98. The maximum Gasteiger partial charge on any atom is 0.261 e. The summed E-state index contributed by atoms with van der Waals surface area (Å²) in [6.45, 7) is 0. The highest BCUT2D eigenvalue weighted by Gasteiger charge is 2.14. The highest BCUT2D eigenvalue weighted by atomic mass is 35.5. The third-order valence-electron chi connectivity index (χ3n) is 2.98. The lowest BCUT2D eigenvalue weighted by atomic mass is 10.2. The maximum absolute atomic E-state index is 12.3. The summed E-state index contributed by atoms with van der Waals surface area (Å²) >= 11 is 5.77. The van der Waals surface area contributed by atoms with Crippen LogP contribution >= 0.6 is 11.6 Å². The zero-order valence-corrected chi connectivity index (χ0v) is 12.8. The molecule has 3 aromatic rings. The summed E-state index contributed by atoms with van der Waals surface area (Å²) in [7, 11) is -3.65. The van der Waals surface area contributed by atoms with E-state index < -0.39 is 10.0 Å². The molecule has 0 aliphatic carbocycles. The molecular weight excluding hydrogens is 324 g/mol. The first kappa shape index (κ1) is 14.6. The Morgan fingerprint density at radius 2 is 1.68 bits per heavy atom. The average Bonchev–Trinajstić information content (AvgIpc) is 3.04. The van der Waals surface area contributed by atoms with Crippen LogP contribution in [0, 0.1) is 0 Å². The Morgan fingerprint density at radius 1 is 1.00 bits per heavy atom. The molecule has 0 aliphatic rings. The fraction of sp³-hybridized carbons (Fsp3) is 0. The van der Waals surface area contributed by atoms with Crippen molar-refractivity contribution in [2.75, 3.05) is 4.72 Å². The minimum atomic E-state index is -3.65. The lowest BCUT2D eigenvalue weighted by molar-refractivity contribution is 0.572. The smallest absolute Gasteiger partial charge is 0.261 e.